The number of hydrogen-bond acceptors (Lipinski definition) is 16. The third-order valence-electron chi connectivity index (χ3n) is 15.4. The van der Waals surface area contributed by atoms with Crippen LogP contribution in [0.15, 0.2) is 30.3 Å². The molecular formula is C62H107N7O15. The number of methoxy groups -OCH3 is 2. The van der Waals surface area contributed by atoms with Crippen molar-refractivity contribution in [2.24, 2.45) is 29.1 Å². The first-order valence-electron chi connectivity index (χ1n) is 30.1. The van der Waals surface area contributed by atoms with Crippen LogP contribution in [0.25, 0.3) is 0 Å². The average molecular weight is 1190 g/mol. The molecule has 2 unspecified atom stereocenters. The van der Waals surface area contributed by atoms with Crippen molar-refractivity contribution < 1.29 is 71.9 Å². The number of likely N-dealkylation sites (tertiary alicyclic amines) is 1. The molecule has 22 nitrogen and oxygen atoms in total. The van der Waals surface area contributed by atoms with Gasteiger partial charge in [0.2, 0.25) is 35.4 Å². The summed E-state index contributed by atoms with van der Waals surface area (Å²) in [4.78, 5) is 112. The first-order chi connectivity index (χ1) is 39.3. The van der Waals surface area contributed by atoms with Crippen LogP contribution in [0.5, 0.6) is 0 Å². The van der Waals surface area contributed by atoms with E-state index in [4.69, 9.17) is 28.4 Å². The van der Waals surface area contributed by atoms with E-state index < -0.39 is 107 Å². The van der Waals surface area contributed by atoms with Gasteiger partial charge in [-0.1, -0.05) is 106 Å². The quantitative estimate of drug-likeness (QED) is 0.0295. The summed E-state index contributed by atoms with van der Waals surface area (Å²) in [6.45, 7) is 26.0. The minimum atomic E-state index is -1.00. The molecule has 0 spiro atoms. The maximum atomic E-state index is 14.5. The second-order valence-corrected chi connectivity index (χ2v) is 25.1. The number of hydrogen-bond donors (Lipinski definition) is 6. The Bertz CT molecular complexity index is 2200. The lowest BCUT2D eigenvalue weighted by molar-refractivity contribution is -0.251. The van der Waals surface area contributed by atoms with Gasteiger partial charge in [-0.15, -0.1) is 0 Å². The molecule has 12 atom stereocenters. The highest BCUT2D eigenvalue weighted by Crippen LogP contribution is 2.30. The molecule has 1 aromatic rings. The lowest BCUT2D eigenvalue weighted by atomic mass is 9.89. The molecule has 6 amide bonds. The van der Waals surface area contributed by atoms with Crippen LogP contribution in [0.3, 0.4) is 0 Å². The molecule has 0 aromatic heterocycles. The lowest BCUT2D eigenvalue weighted by Crippen LogP contribution is -2.59. The summed E-state index contributed by atoms with van der Waals surface area (Å²) < 4.78 is 34.8. The summed E-state index contributed by atoms with van der Waals surface area (Å²) in [7, 11) is 6.43. The standard InChI is InChI=1S/C62H107N7O15/c1-19-40(6)54(68(16)59(77)53(39(4)5)67-58(76)52(63-15)38(2)3)46(79-17)35-49(72)69-32-24-28-45(69)55(80-18)41(7)56(74)66-44(34-43-26-21-20-22-27-43)57(75)64-31-25-33-81-60(78)42(8)65-48(71)29-23-30-50(73)82-37-51(84-62(12,13)14)83-47(36-70)61(9,10)11/h20-22,26-27,38-42,44-47,51-55,63,70H,19,23-25,28-37H2,1-18H3,(H,64,75)(H,65,71)(H,66,74)(H,67,76)/t40-,41+,42-,44-,45-,46+,47?,51?,52-,53-,54-,55+/m0/s1. The van der Waals surface area contributed by atoms with E-state index in [1.54, 1.807) is 30.8 Å². The monoisotopic (exact) mass is 1190 g/mol. The molecule has 84 heavy (non-hydrogen) atoms. The minimum absolute atomic E-state index is 0.0105. The molecule has 0 aliphatic carbocycles. The molecule has 1 fully saturated rings. The number of nitrogens with zero attached hydrogens (tertiary/aromatic N) is 2. The molecule has 1 aromatic carbocycles. The van der Waals surface area contributed by atoms with Crippen LogP contribution in [-0.4, -0.2) is 190 Å². The summed E-state index contributed by atoms with van der Waals surface area (Å²) >= 11 is 0. The van der Waals surface area contributed by atoms with Crippen LogP contribution in [0.4, 0.5) is 0 Å². The van der Waals surface area contributed by atoms with Crippen LogP contribution < -0.4 is 26.6 Å². The molecule has 0 saturated carbocycles. The number of likely N-dealkylation sites (N-methyl/N-ethyl adjacent to an activating group) is 2. The maximum absolute atomic E-state index is 14.5. The van der Waals surface area contributed by atoms with Gasteiger partial charge in [0.25, 0.3) is 0 Å². The molecule has 2 rings (SSSR count). The number of nitrogens with one attached hydrogen (secondary N) is 5. The molecule has 0 radical (unpaired) electrons. The highest BCUT2D eigenvalue weighted by molar-refractivity contribution is 5.91. The summed E-state index contributed by atoms with van der Waals surface area (Å²) in [6.07, 6.45) is -0.687. The molecule has 480 valence electrons. The Balaban J connectivity index is 2.05. The zero-order chi connectivity index (χ0) is 63.6. The van der Waals surface area contributed by atoms with Gasteiger partial charge in [0.1, 0.15) is 24.7 Å². The van der Waals surface area contributed by atoms with Crippen LogP contribution in [0.1, 0.15) is 154 Å². The van der Waals surface area contributed by atoms with Gasteiger partial charge in [0.15, 0.2) is 6.29 Å². The number of aliphatic hydroxyl groups excluding tert-OH is 1. The first kappa shape index (κ1) is 74.8. The Labute approximate surface area is 501 Å². The highest BCUT2D eigenvalue weighted by Gasteiger charge is 2.44. The molecule has 1 heterocycles. The summed E-state index contributed by atoms with van der Waals surface area (Å²) in [5.74, 6) is -4.56. The van der Waals surface area contributed by atoms with Gasteiger partial charge in [0, 0.05) is 53.6 Å². The predicted octanol–water partition coefficient (Wildman–Crippen LogP) is 4.85. The molecule has 1 aliphatic rings. The number of carbonyl (C=O) groups is 8. The largest absolute Gasteiger partial charge is 0.464 e. The van der Waals surface area contributed by atoms with Crippen LogP contribution >= 0.6 is 0 Å². The third-order valence-corrected chi connectivity index (χ3v) is 15.4. The van der Waals surface area contributed by atoms with Gasteiger partial charge in [-0.25, -0.2) is 4.79 Å². The highest BCUT2D eigenvalue weighted by atomic mass is 16.7. The van der Waals surface area contributed by atoms with Crippen molar-refractivity contribution >= 4 is 47.4 Å². The average Bonchev–Trinajstić information content (AvgIpc) is 4.01. The molecule has 22 heteroatoms. The fourth-order valence-corrected chi connectivity index (χ4v) is 10.3. The van der Waals surface area contributed by atoms with Crippen LogP contribution in [0.2, 0.25) is 0 Å². The van der Waals surface area contributed by atoms with E-state index in [0.29, 0.717) is 25.8 Å². The van der Waals surface area contributed by atoms with Crippen molar-refractivity contribution in [2.45, 2.75) is 221 Å². The number of esters is 2. The number of carbonyl (C=O) groups excluding carboxylic acids is 8. The van der Waals surface area contributed by atoms with E-state index >= 15 is 0 Å². The molecular weight excluding hydrogens is 1080 g/mol. The van der Waals surface area contributed by atoms with Gasteiger partial charge < -0.3 is 69.9 Å². The van der Waals surface area contributed by atoms with Crippen molar-refractivity contribution in [3.05, 3.63) is 35.9 Å². The molecule has 1 aliphatic heterocycles. The number of benzene rings is 1. The van der Waals surface area contributed by atoms with E-state index in [1.165, 1.54) is 21.1 Å². The second kappa shape index (κ2) is 36.7. The van der Waals surface area contributed by atoms with Crippen LogP contribution in [0, 0.1) is 29.1 Å². The van der Waals surface area contributed by atoms with Crippen molar-refractivity contribution in [1.82, 2.24) is 36.4 Å². The van der Waals surface area contributed by atoms with Crippen LogP contribution in [-0.2, 0) is 73.2 Å². The minimum Gasteiger partial charge on any atom is -0.464 e. The van der Waals surface area contributed by atoms with E-state index in [9.17, 15) is 43.5 Å². The molecule has 6 N–H and O–H groups in total. The van der Waals surface area contributed by atoms with Gasteiger partial charge >= 0.3 is 11.9 Å². The zero-order valence-corrected chi connectivity index (χ0v) is 53.9. The normalized spacial score (nSPS) is 17.8. The molecule has 0 bridgehead atoms. The van der Waals surface area contributed by atoms with Crippen molar-refractivity contribution in [2.75, 3.05) is 61.2 Å². The Morgan fingerprint density at radius 3 is 1.99 bits per heavy atom. The van der Waals surface area contributed by atoms with Crippen molar-refractivity contribution in [1.29, 1.82) is 0 Å². The third kappa shape index (κ3) is 25.0. The van der Waals surface area contributed by atoms with Crippen molar-refractivity contribution in [3.63, 3.8) is 0 Å². The predicted molar refractivity (Wildman–Crippen MR) is 320 cm³/mol. The Morgan fingerprint density at radius 2 is 1.44 bits per heavy atom. The number of amides is 6. The SMILES string of the molecule is CC[C@H](C)[C@@H]([C@@H](CC(=O)N1CCC[C@H]1[C@H](OC)[C@@H](C)C(=O)N[C@@H](Cc1ccccc1)C(=O)NCCCOC(=O)[C@H](C)NC(=O)CCCC(=O)OCC(OC(CO)C(C)(C)C)OC(C)(C)C)OC)N(C)C(=O)[C@@H](NC(=O)[C@@H](NC)C(C)C)C(C)C. The van der Waals surface area contributed by atoms with E-state index in [2.05, 4.69) is 26.6 Å². The van der Waals surface area contributed by atoms with Gasteiger partial charge in [-0.05, 0) is 89.2 Å². The maximum Gasteiger partial charge on any atom is 0.328 e. The Morgan fingerprint density at radius 1 is 0.798 bits per heavy atom. The van der Waals surface area contributed by atoms with Gasteiger partial charge in [0.05, 0.1) is 67.6 Å². The lowest BCUT2D eigenvalue weighted by Gasteiger charge is -2.41. The summed E-state index contributed by atoms with van der Waals surface area (Å²) in [5, 5.41) is 24.3. The second-order valence-electron chi connectivity index (χ2n) is 25.1. The Kier molecular flexibility index (Phi) is 32.7. The fraction of sp³-hybridized carbons (Fsp3) is 0.774. The van der Waals surface area contributed by atoms with E-state index in [-0.39, 0.29) is 100 Å². The number of rotatable bonds is 37. The van der Waals surface area contributed by atoms with Gasteiger partial charge in [-0.3, -0.25) is 33.6 Å². The van der Waals surface area contributed by atoms with Crippen molar-refractivity contribution in [3.8, 4) is 0 Å². The number of ether oxygens (including phenoxy) is 6. The van der Waals surface area contributed by atoms with Gasteiger partial charge in [-0.2, -0.15) is 0 Å². The smallest absolute Gasteiger partial charge is 0.328 e. The first-order valence-corrected chi connectivity index (χ1v) is 30.1. The summed E-state index contributed by atoms with van der Waals surface area (Å²) in [6, 6.07) is 4.90. The fourth-order valence-electron chi connectivity index (χ4n) is 10.3. The number of aliphatic hydroxyl groups is 1. The van der Waals surface area contributed by atoms with E-state index in [1.807, 2.05) is 113 Å². The summed E-state index contributed by atoms with van der Waals surface area (Å²) in [5.41, 5.74) is -0.220. The zero-order valence-electron chi connectivity index (χ0n) is 53.9. The topological polar surface area (TPSA) is 279 Å². The Hall–Kier alpha value is -5.26. The molecule has 1 saturated heterocycles. The van der Waals surface area contributed by atoms with E-state index in [0.717, 1.165) is 5.56 Å².